The third-order valence-electron chi connectivity index (χ3n) is 4.30. The number of rotatable bonds is 2. The molecule has 0 fully saturated rings. The number of fused-ring (bicyclic) bond motifs is 2. The van der Waals surface area contributed by atoms with Crippen molar-refractivity contribution in [1.29, 1.82) is 0 Å². The third-order valence-corrected chi connectivity index (χ3v) is 6.12. The van der Waals surface area contributed by atoms with Gasteiger partial charge in [-0.25, -0.2) is 0 Å². The molecule has 0 bridgehead atoms. The number of anilines is 2. The Morgan fingerprint density at radius 3 is 1.93 bits per heavy atom. The molecule has 4 aromatic rings. The van der Waals surface area contributed by atoms with Gasteiger partial charge in [-0.3, -0.25) is 9.11 Å². The fourth-order valence-electron chi connectivity index (χ4n) is 2.95. The van der Waals surface area contributed by atoms with Crippen LogP contribution < -0.4 is 11.5 Å². The van der Waals surface area contributed by atoms with Crippen LogP contribution in [0, 0.1) is 0 Å². The van der Waals surface area contributed by atoms with Gasteiger partial charge in [0.25, 0.3) is 20.2 Å². The molecular formula is C20H18N2O6S2. The van der Waals surface area contributed by atoms with Gasteiger partial charge in [-0.1, -0.05) is 42.5 Å². The van der Waals surface area contributed by atoms with Crippen LogP contribution >= 0.6 is 0 Å². The molecule has 0 unspecified atom stereocenters. The summed E-state index contributed by atoms with van der Waals surface area (Å²) in [7, 11) is -8.43. The van der Waals surface area contributed by atoms with E-state index in [-0.39, 0.29) is 15.5 Å². The normalized spacial score (nSPS) is 11.8. The van der Waals surface area contributed by atoms with Crippen molar-refractivity contribution in [2.45, 2.75) is 9.79 Å². The summed E-state index contributed by atoms with van der Waals surface area (Å²) in [5.41, 5.74) is 11.7. The Morgan fingerprint density at radius 2 is 1.27 bits per heavy atom. The second kappa shape index (κ2) is 7.92. The molecule has 0 radical (unpaired) electrons. The van der Waals surface area contributed by atoms with Crippen LogP contribution in [-0.4, -0.2) is 25.9 Å². The summed E-state index contributed by atoms with van der Waals surface area (Å²) in [5, 5.41) is 2.71. The summed E-state index contributed by atoms with van der Waals surface area (Å²) >= 11 is 0. The average Bonchev–Trinajstić information content (AvgIpc) is 2.66. The third kappa shape index (κ3) is 4.69. The van der Waals surface area contributed by atoms with Crippen molar-refractivity contribution in [3.8, 4) is 0 Å². The topological polar surface area (TPSA) is 161 Å². The summed E-state index contributed by atoms with van der Waals surface area (Å²) in [6, 6.07) is 19.6. The van der Waals surface area contributed by atoms with Gasteiger partial charge in [-0.2, -0.15) is 16.8 Å². The Labute approximate surface area is 173 Å². The summed E-state index contributed by atoms with van der Waals surface area (Å²) in [4.78, 5) is -0.346. The van der Waals surface area contributed by atoms with Gasteiger partial charge in [0.05, 0.1) is 10.6 Å². The lowest BCUT2D eigenvalue weighted by molar-refractivity contribution is 0.481. The van der Waals surface area contributed by atoms with Crippen molar-refractivity contribution in [1.82, 2.24) is 0 Å². The summed E-state index contributed by atoms with van der Waals surface area (Å²) in [5.74, 6) is 0. The summed E-state index contributed by atoms with van der Waals surface area (Å²) in [6.07, 6.45) is 0. The number of benzene rings is 4. The van der Waals surface area contributed by atoms with Gasteiger partial charge in [-0.05, 0) is 46.5 Å². The van der Waals surface area contributed by atoms with Crippen molar-refractivity contribution in [2.75, 3.05) is 11.5 Å². The van der Waals surface area contributed by atoms with Crippen LogP contribution in [0.4, 0.5) is 11.4 Å². The molecule has 0 aliphatic rings. The lowest BCUT2D eigenvalue weighted by Gasteiger charge is -2.06. The molecule has 0 atom stereocenters. The zero-order valence-corrected chi connectivity index (χ0v) is 17.1. The van der Waals surface area contributed by atoms with E-state index in [0.717, 1.165) is 10.8 Å². The average molecular weight is 447 g/mol. The zero-order chi connectivity index (χ0) is 22.1. The monoisotopic (exact) mass is 446 g/mol. The largest absolute Gasteiger partial charge is 0.399 e. The van der Waals surface area contributed by atoms with Crippen LogP contribution in [0.25, 0.3) is 21.5 Å². The number of hydrogen-bond donors (Lipinski definition) is 4. The van der Waals surface area contributed by atoms with E-state index in [2.05, 4.69) is 0 Å². The SMILES string of the molecule is Nc1ccc2ccc(S(=O)(=O)O)cc2c1.Nc1ccc2ccccc2c1S(=O)(=O)O. The van der Waals surface area contributed by atoms with Crippen LogP contribution in [0.5, 0.6) is 0 Å². The molecule has 6 N–H and O–H groups in total. The van der Waals surface area contributed by atoms with E-state index in [1.165, 1.54) is 18.2 Å². The molecule has 8 nitrogen and oxygen atoms in total. The van der Waals surface area contributed by atoms with Crippen molar-refractivity contribution < 1.29 is 25.9 Å². The molecule has 4 rings (SSSR count). The van der Waals surface area contributed by atoms with Gasteiger partial charge in [0, 0.05) is 11.1 Å². The first-order chi connectivity index (χ1) is 14.0. The summed E-state index contributed by atoms with van der Waals surface area (Å²) < 4.78 is 62.0. The molecule has 4 aromatic carbocycles. The first-order valence-corrected chi connectivity index (χ1v) is 11.4. The minimum Gasteiger partial charge on any atom is -0.399 e. The predicted octanol–water partition coefficient (Wildman–Crippen LogP) is 3.34. The van der Waals surface area contributed by atoms with E-state index in [4.69, 9.17) is 20.6 Å². The molecule has 0 aromatic heterocycles. The molecule has 0 spiro atoms. The maximum absolute atomic E-state index is 11.1. The highest BCUT2D eigenvalue weighted by Crippen LogP contribution is 2.28. The second-order valence-corrected chi connectivity index (χ2v) is 9.20. The molecule has 0 aliphatic carbocycles. The van der Waals surface area contributed by atoms with E-state index < -0.39 is 20.2 Å². The van der Waals surface area contributed by atoms with Gasteiger partial charge < -0.3 is 11.5 Å². The van der Waals surface area contributed by atoms with Gasteiger partial charge in [0.15, 0.2) is 0 Å². The highest BCUT2D eigenvalue weighted by molar-refractivity contribution is 7.86. The summed E-state index contributed by atoms with van der Waals surface area (Å²) in [6.45, 7) is 0. The molecule has 10 heteroatoms. The van der Waals surface area contributed by atoms with E-state index >= 15 is 0 Å². The Kier molecular flexibility index (Phi) is 5.68. The quantitative estimate of drug-likeness (QED) is 0.269. The predicted molar refractivity (Wildman–Crippen MR) is 116 cm³/mol. The molecular weight excluding hydrogens is 428 g/mol. The first-order valence-electron chi connectivity index (χ1n) is 8.48. The maximum Gasteiger partial charge on any atom is 0.297 e. The number of nitrogens with two attached hydrogens (primary N) is 2. The van der Waals surface area contributed by atoms with Gasteiger partial charge in [0.1, 0.15) is 4.90 Å². The smallest absolute Gasteiger partial charge is 0.297 e. The van der Waals surface area contributed by atoms with Gasteiger partial charge >= 0.3 is 0 Å². The van der Waals surface area contributed by atoms with Crippen LogP contribution in [0.2, 0.25) is 0 Å². The molecule has 156 valence electrons. The van der Waals surface area contributed by atoms with Crippen molar-refractivity contribution in [2.24, 2.45) is 0 Å². The molecule has 0 heterocycles. The Bertz CT molecular complexity index is 1470. The number of hydrogen-bond acceptors (Lipinski definition) is 6. The van der Waals surface area contributed by atoms with Crippen molar-refractivity contribution in [3.05, 3.63) is 72.8 Å². The Hall–Kier alpha value is -3.18. The standard InChI is InChI=1S/2C10H9NO3S/c11-9-3-1-7-2-4-10(15(12,13)14)6-8(7)5-9;11-9-6-5-7-3-1-2-4-8(7)10(9)15(12,13)14/h2*1-6H,11H2,(H,12,13,14). The lowest BCUT2D eigenvalue weighted by atomic mass is 10.1. The van der Waals surface area contributed by atoms with E-state index in [0.29, 0.717) is 16.5 Å². The molecule has 30 heavy (non-hydrogen) atoms. The minimum atomic E-state index is -4.29. The molecule has 0 saturated carbocycles. The molecule has 0 amide bonds. The fraction of sp³-hybridized carbons (Fsp3) is 0. The Morgan fingerprint density at radius 1 is 0.633 bits per heavy atom. The zero-order valence-electron chi connectivity index (χ0n) is 15.4. The van der Waals surface area contributed by atoms with Crippen LogP contribution in [0.3, 0.4) is 0 Å². The lowest BCUT2D eigenvalue weighted by Crippen LogP contribution is -2.03. The van der Waals surface area contributed by atoms with Crippen LogP contribution in [0.15, 0.2) is 82.6 Å². The maximum atomic E-state index is 11.1. The van der Waals surface area contributed by atoms with Gasteiger partial charge in [0.2, 0.25) is 0 Å². The highest BCUT2D eigenvalue weighted by Gasteiger charge is 2.17. The minimum absolute atomic E-state index is 0.0520. The van der Waals surface area contributed by atoms with Crippen molar-refractivity contribution >= 4 is 53.2 Å². The van der Waals surface area contributed by atoms with Gasteiger partial charge in [-0.15, -0.1) is 0 Å². The molecule has 0 saturated heterocycles. The highest BCUT2D eigenvalue weighted by atomic mass is 32.2. The second-order valence-electron chi connectivity index (χ2n) is 6.42. The number of nitrogen functional groups attached to an aromatic ring is 2. The fourth-order valence-corrected chi connectivity index (χ4v) is 4.30. The van der Waals surface area contributed by atoms with Crippen molar-refractivity contribution in [3.63, 3.8) is 0 Å². The molecule has 0 aliphatic heterocycles. The first kappa shape index (κ1) is 21.5. The van der Waals surface area contributed by atoms with Crippen LogP contribution in [-0.2, 0) is 20.2 Å². The van der Waals surface area contributed by atoms with E-state index in [1.807, 2.05) is 0 Å². The Balaban J connectivity index is 0.000000171. The van der Waals surface area contributed by atoms with E-state index in [1.54, 1.807) is 54.6 Å². The van der Waals surface area contributed by atoms with Crippen LogP contribution in [0.1, 0.15) is 0 Å². The van der Waals surface area contributed by atoms with E-state index in [9.17, 15) is 16.8 Å².